The molecule has 16 heavy (non-hydrogen) atoms. The normalized spacial score (nSPS) is 13.0. The molecular weight excluding hydrogens is 224 g/mol. The fourth-order valence-corrected chi connectivity index (χ4v) is 2.45. The first-order valence-electron chi connectivity index (χ1n) is 5.38. The number of aliphatic carboxylic acids is 1. The summed E-state index contributed by atoms with van der Waals surface area (Å²) in [7, 11) is 1.86. The second-order valence-corrected chi connectivity index (χ2v) is 4.79. The van der Waals surface area contributed by atoms with E-state index in [4.69, 9.17) is 5.11 Å². The lowest BCUT2D eigenvalue weighted by Gasteiger charge is -2.23. The van der Waals surface area contributed by atoms with E-state index in [1.165, 1.54) is 4.88 Å². The predicted octanol–water partition coefficient (Wildman–Crippen LogP) is 1.79. The minimum atomic E-state index is -0.744. The van der Waals surface area contributed by atoms with Crippen molar-refractivity contribution >= 4 is 17.3 Å². The minimum absolute atomic E-state index is 0.381. The zero-order chi connectivity index (χ0) is 12.1. The van der Waals surface area contributed by atoms with Crippen LogP contribution in [-0.2, 0) is 11.2 Å². The smallest absolute Gasteiger partial charge is 0.320 e. The number of nitrogens with zero attached hydrogens (tertiary/aromatic N) is 2. The standard InChI is InChI=1S/C11H18N2O2S/c1-4-9(11(14)15)13(3)6-5-10-8(2)12-7-16-10/h7,9H,4-6H2,1-3H3,(H,14,15). The maximum absolute atomic E-state index is 10.9. The SMILES string of the molecule is CCC(C(=O)O)N(C)CCc1scnc1C. The summed E-state index contributed by atoms with van der Waals surface area (Å²) in [6.45, 7) is 4.64. The van der Waals surface area contributed by atoms with Crippen LogP contribution in [0.4, 0.5) is 0 Å². The summed E-state index contributed by atoms with van der Waals surface area (Å²) in [6.07, 6.45) is 1.50. The molecule has 1 rings (SSSR count). The second kappa shape index (κ2) is 5.96. The van der Waals surface area contributed by atoms with Crippen LogP contribution >= 0.6 is 11.3 Å². The Balaban J connectivity index is 2.49. The maximum atomic E-state index is 10.9. The number of aromatic nitrogens is 1. The van der Waals surface area contributed by atoms with Crippen LogP contribution in [-0.4, -0.2) is 40.6 Å². The van der Waals surface area contributed by atoms with Gasteiger partial charge in [-0.15, -0.1) is 11.3 Å². The molecule has 0 fully saturated rings. The van der Waals surface area contributed by atoms with E-state index in [2.05, 4.69) is 4.98 Å². The summed E-state index contributed by atoms with van der Waals surface area (Å²) < 4.78 is 0. The molecule has 90 valence electrons. The summed E-state index contributed by atoms with van der Waals surface area (Å²) in [5, 5.41) is 9.00. The average Bonchev–Trinajstić information content (AvgIpc) is 2.61. The van der Waals surface area contributed by atoms with Crippen molar-refractivity contribution in [1.82, 2.24) is 9.88 Å². The van der Waals surface area contributed by atoms with Crippen molar-refractivity contribution in [1.29, 1.82) is 0 Å². The van der Waals surface area contributed by atoms with Crippen molar-refractivity contribution in [2.24, 2.45) is 0 Å². The molecule has 5 heteroatoms. The Hall–Kier alpha value is -0.940. The minimum Gasteiger partial charge on any atom is -0.480 e. The van der Waals surface area contributed by atoms with Gasteiger partial charge in [0.25, 0.3) is 0 Å². The number of rotatable bonds is 6. The summed E-state index contributed by atoms with van der Waals surface area (Å²) >= 11 is 1.63. The third kappa shape index (κ3) is 3.28. The predicted molar refractivity (Wildman–Crippen MR) is 64.9 cm³/mol. The number of aryl methyl sites for hydroxylation is 1. The molecule has 0 aromatic carbocycles. The van der Waals surface area contributed by atoms with Crippen LogP contribution in [0.3, 0.4) is 0 Å². The van der Waals surface area contributed by atoms with Gasteiger partial charge in [0.05, 0.1) is 11.2 Å². The van der Waals surface area contributed by atoms with Crippen molar-refractivity contribution < 1.29 is 9.90 Å². The highest BCUT2D eigenvalue weighted by atomic mass is 32.1. The Kier molecular flexibility index (Phi) is 4.89. The maximum Gasteiger partial charge on any atom is 0.320 e. The van der Waals surface area contributed by atoms with E-state index in [9.17, 15) is 4.79 Å². The van der Waals surface area contributed by atoms with E-state index in [-0.39, 0.29) is 6.04 Å². The molecule has 0 aliphatic rings. The monoisotopic (exact) mass is 242 g/mol. The van der Waals surface area contributed by atoms with Crippen molar-refractivity contribution in [2.45, 2.75) is 32.7 Å². The Bertz CT molecular complexity index is 352. The number of carbonyl (C=O) groups is 1. The molecule has 1 atom stereocenters. The number of hydrogen-bond acceptors (Lipinski definition) is 4. The first-order valence-corrected chi connectivity index (χ1v) is 6.26. The molecule has 1 N–H and O–H groups in total. The molecule has 0 aliphatic carbocycles. The molecule has 1 heterocycles. The zero-order valence-corrected chi connectivity index (χ0v) is 10.8. The van der Waals surface area contributed by atoms with E-state index in [1.54, 1.807) is 11.3 Å². The molecule has 0 saturated heterocycles. The molecule has 0 saturated carbocycles. The number of hydrogen-bond donors (Lipinski definition) is 1. The van der Waals surface area contributed by atoms with E-state index in [1.807, 2.05) is 31.3 Å². The molecule has 1 aromatic rings. The van der Waals surface area contributed by atoms with Crippen LogP contribution in [0.5, 0.6) is 0 Å². The van der Waals surface area contributed by atoms with Gasteiger partial charge in [0.15, 0.2) is 0 Å². The largest absolute Gasteiger partial charge is 0.480 e. The van der Waals surface area contributed by atoms with Gasteiger partial charge in [-0.05, 0) is 26.8 Å². The second-order valence-electron chi connectivity index (χ2n) is 3.85. The molecule has 0 amide bonds. The van der Waals surface area contributed by atoms with Crippen LogP contribution in [0.15, 0.2) is 5.51 Å². The van der Waals surface area contributed by atoms with E-state index < -0.39 is 5.97 Å². The van der Waals surface area contributed by atoms with Gasteiger partial charge in [-0.3, -0.25) is 9.69 Å². The third-order valence-electron chi connectivity index (χ3n) is 2.74. The van der Waals surface area contributed by atoms with E-state index in [0.29, 0.717) is 6.42 Å². The van der Waals surface area contributed by atoms with Crippen molar-refractivity contribution in [3.05, 3.63) is 16.1 Å². The fraction of sp³-hybridized carbons (Fsp3) is 0.636. The molecule has 1 aromatic heterocycles. The molecule has 1 unspecified atom stereocenters. The van der Waals surface area contributed by atoms with Gasteiger partial charge in [0.1, 0.15) is 6.04 Å². The number of carboxylic acids is 1. The van der Waals surface area contributed by atoms with Crippen molar-refractivity contribution in [2.75, 3.05) is 13.6 Å². The van der Waals surface area contributed by atoms with Gasteiger partial charge in [-0.25, -0.2) is 4.98 Å². The molecule has 0 spiro atoms. The Morgan fingerprint density at radius 1 is 1.69 bits per heavy atom. The van der Waals surface area contributed by atoms with Gasteiger partial charge >= 0.3 is 5.97 Å². The lowest BCUT2D eigenvalue weighted by Crippen LogP contribution is -2.39. The summed E-state index contributed by atoms with van der Waals surface area (Å²) in [4.78, 5) is 18.3. The molecule has 4 nitrogen and oxygen atoms in total. The van der Waals surface area contributed by atoms with Crippen LogP contribution in [0.1, 0.15) is 23.9 Å². The highest BCUT2D eigenvalue weighted by molar-refractivity contribution is 7.09. The van der Waals surface area contributed by atoms with Gasteiger partial charge < -0.3 is 5.11 Å². The average molecular weight is 242 g/mol. The van der Waals surface area contributed by atoms with E-state index >= 15 is 0 Å². The van der Waals surface area contributed by atoms with E-state index in [0.717, 1.165) is 18.7 Å². The van der Waals surface area contributed by atoms with Gasteiger partial charge in [-0.2, -0.15) is 0 Å². The lowest BCUT2D eigenvalue weighted by molar-refractivity contribution is -0.142. The zero-order valence-electron chi connectivity index (χ0n) is 9.93. The highest BCUT2D eigenvalue weighted by Gasteiger charge is 2.20. The lowest BCUT2D eigenvalue weighted by atomic mass is 10.2. The molecule has 0 bridgehead atoms. The van der Waals surface area contributed by atoms with Gasteiger partial charge in [-0.1, -0.05) is 6.92 Å². The number of likely N-dealkylation sites (N-methyl/N-ethyl adjacent to an activating group) is 1. The first-order chi connectivity index (χ1) is 7.56. The van der Waals surface area contributed by atoms with Gasteiger partial charge in [0.2, 0.25) is 0 Å². The Morgan fingerprint density at radius 2 is 2.38 bits per heavy atom. The molecule has 0 radical (unpaired) electrons. The van der Waals surface area contributed by atoms with Crippen LogP contribution in [0, 0.1) is 6.92 Å². The van der Waals surface area contributed by atoms with Gasteiger partial charge in [0, 0.05) is 11.4 Å². The number of carboxylic acid groups (broad SMARTS) is 1. The van der Waals surface area contributed by atoms with Crippen molar-refractivity contribution in [3.8, 4) is 0 Å². The fourth-order valence-electron chi connectivity index (χ4n) is 1.67. The third-order valence-corrected chi connectivity index (χ3v) is 3.74. The van der Waals surface area contributed by atoms with Crippen LogP contribution in [0.2, 0.25) is 0 Å². The Morgan fingerprint density at radius 3 is 2.81 bits per heavy atom. The topological polar surface area (TPSA) is 53.4 Å². The summed E-state index contributed by atoms with van der Waals surface area (Å²) in [6, 6.07) is -0.381. The summed E-state index contributed by atoms with van der Waals surface area (Å²) in [5.74, 6) is -0.744. The summed E-state index contributed by atoms with van der Waals surface area (Å²) in [5.41, 5.74) is 2.89. The van der Waals surface area contributed by atoms with Crippen molar-refractivity contribution in [3.63, 3.8) is 0 Å². The molecular formula is C11H18N2O2S. The van der Waals surface area contributed by atoms with Crippen LogP contribution < -0.4 is 0 Å². The number of thiazole rings is 1. The first kappa shape index (κ1) is 13.1. The Labute approximate surface area is 99.9 Å². The van der Waals surface area contributed by atoms with Crippen LogP contribution in [0.25, 0.3) is 0 Å². The molecule has 0 aliphatic heterocycles. The quantitative estimate of drug-likeness (QED) is 0.826. The highest BCUT2D eigenvalue weighted by Crippen LogP contribution is 2.14.